The van der Waals surface area contributed by atoms with Crippen molar-refractivity contribution >= 4 is 0 Å². The van der Waals surface area contributed by atoms with Crippen molar-refractivity contribution in [2.75, 3.05) is 7.05 Å². The zero-order chi connectivity index (χ0) is 12.1. The summed E-state index contributed by atoms with van der Waals surface area (Å²) in [5.41, 5.74) is 3.89. The van der Waals surface area contributed by atoms with Crippen molar-refractivity contribution in [3.8, 4) is 0 Å². The van der Waals surface area contributed by atoms with E-state index in [1.54, 1.807) is 0 Å². The number of aromatic nitrogens is 2. The molecule has 1 rings (SSSR count). The molecule has 0 saturated carbocycles. The molecular formula is C13H25N3. The van der Waals surface area contributed by atoms with Crippen molar-refractivity contribution in [1.29, 1.82) is 0 Å². The zero-order valence-corrected chi connectivity index (χ0v) is 11.3. The fourth-order valence-electron chi connectivity index (χ4n) is 2.29. The monoisotopic (exact) mass is 223 g/mol. The second-order valence-corrected chi connectivity index (χ2v) is 4.41. The van der Waals surface area contributed by atoms with E-state index in [0.717, 1.165) is 13.0 Å². The van der Waals surface area contributed by atoms with Crippen LogP contribution >= 0.6 is 0 Å². The lowest BCUT2D eigenvalue weighted by molar-refractivity contribution is 0.546. The molecule has 1 unspecified atom stereocenters. The van der Waals surface area contributed by atoms with Gasteiger partial charge in [0.15, 0.2) is 0 Å². The molecule has 0 radical (unpaired) electrons. The minimum Gasteiger partial charge on any atom is -0.313 e. The summed E-state index contributed by atoms with van der Waals surface area (Å²) >= 11 is 0. The third kappa shape index (κ3) is 2.64. The Kier molecular flexibility index (Phi) is 5.00. The molecule has 0 fully saturated rings. The van der Waals surface area contributed by atoms with Gasteiger partial charge in [0.25, 0.3) is 0 Å². The molecule has 0 spiro atoms. The summed E-state index contributed by atoms with van der Waals surface area (Å²) in [4.78, 5) is 0. The third-order valence-corrected chi connectivity index (χ3v) is 3.27. The highest BCUT2D eigenvalue weighted by Crippen LogP contribution is 2.23. The van der Waals surface area contributed by atoms with Gasteiger partial charge in [-0.05, 0) is 33.7 Å². The van der Waals surface area contributed by atoms with E-state index in [1.807, 2.05) is 7.05 Å². The summed E-state index contributed by atoms with van der Waals surface area (Å²) in [7, 11) is 2.02. The molecule has 0 amide bonds. The highest BCUT2D eigenvalue weighted by molar-refractivity contribution is 5.28. The fraction of sp³-hybridized carbons (Fsp3) is 0.769. The second kappa shape index (κ2) is 6.04. The van der Waals surface area contributed by atoms with Crippen LogP contribution in [0, 0.1) is 13.8 Å². The average Bonchev–Trinajstić information content (AvgIpc) is 2.55. The Bertz CT molecular complexity index is 324. The quantitative estimate of drug-likeness (QED) is 0.803. The largest absolute Gasteiger partial charge is 0.313 e. The van der Waals surface area contributed by atoms with Crippen molar-refractivity contribution in [2.24, 2.45) is 0 Å². The topological polar surface area (TPSA) is 29.9 Å². The Labute approximate surface area is 99.2 Å². The molecule has 0 aliphatic rings. The molecule has 1 atom stereocenters. The minimum absolute atomic E-state index is 0.440. The summed E-state index contributed by atoms with van der Waals surface area (Å²) in [6, 6.07) is 0.440. The molecule has 1 heterocycles. The van der Waals surface area contributed by atoms with Gasteiger partial charge in [-0.1, -0.05) is 20.3 Å². The van der Waals surface area contributed by atoms with Crippen molar-refractivity contribution in [3.05, 3.63) is 17.0 Å². The van der Waals surface area contributed by atoms with Crippen LogP contribution in [0.15, 0.2) is 0 Å². The van der Waals surface area contributed by atoms with Crippen molar-refractivity contribution in [2.45, 2.75) is 59.5 Å². The highest BCUT2D eigenvalue weighted by atomic mass is 15.3. The first kappa shape index (κ1) is 13.2. The maximum atomic E-state index is 4.64. The summed E-state index contributed by atoms with van der Waals surface area (Å²) in [5, 5.41) is 8.01. The number of hydrogen-bond donors (Lipinski definition) is 1. The first-order valence-corrected chi connectivity index (χ1v) is 6.36. The van der Waals surface area contributed by atoms with Gasteiger partial charge in [0, 0.05) is 23.8 Å². The Balaban J connectivity index is 2.96. The Morgan fingerprint density at radius 1 is 1.31 bits per heavy atom. The molecular weight excluding hydrogens is 198 g/mol. The lowest BCUT2D eigenvalue weighted by atomic mass is 10.0. The molecule has 16 heavy (non-hydrogen) atoms. The van der Waals surface area contributed by atoms with Crippen LogP contribution in [-0.4, -0.2) is 16.8 Å². The molecule has 0 saturated heterocycles. The van der Waals surface area contributed by atoms with Crippen LogP contribution in [0.5, 0.6) is 0 Å². The van der Waals surface area contributed by atoms with Crippen LogP contribution in [0.4, 0.5) is 0 Å². The van der Waals surface area contributed by atoms with Gasteiger partial charge in [0.1, 0.15) is 0 Å². The predicted molar refractivity (Wildman–Crippen MR) is 68.7 cm³/mol. The minimum atomic E-state index is 0.440. The van der Waals surface area contributed by atoms with Crippen LogP contribution < -0.4 is 5.32 Å². The van der Waals surface area contributed by atoms with E-state index < -0.39 is 0 Å². The lowest BCUT2D eigenvalue weighted by Crippen LogP contribution is -2.17. The first-order chi connectivity index (χ1) is 7.65. The van der Waals surface area contributed by atoms with Gasteiger partial charge in [-0.25, -0.2) is 0 Å². The van der Waals surface area contributed by atoms with Crippen LogP contribution in [0.2, 0.25) is 0 Å². The molecule has 3 heteroatoms. The summed E-state index contributed by atoms with van der Waals surface area (Å²) < 4.78 is 2.16. The van der Waals surface area contributed by atoms with Crippen LogP contribution in [0.3, 0.4) is 0 Å². The molecule has 0 bridgehead atoms. The van der Waals surface area contributed by atoms with Gasteiger partial charge in [-0.15, -0.1) is 0 Å². The number of rotatable bonds is 6. The maximum Gasteiger partial charge on any atom is 0.0644 e. The number of nitrogens with one attached hydrogen (secondary N) is 1. The Hall–Kier alpha value is -0.830. The van der Waals surface area contributed by atoms with E-state index in [-0.39, 0.29) is 0 Å². The van der Waals surface area contributed by atoms with Gasteiger partial charge >= 0.3 is 0 Å². The third-order valence-electron chi connectivity index (χ3n) is 3.27. The first-order valence-electron chi connectivity index (χ1n) is 6.36. The van der Waals surface area contributed by atoms with Gasteiger partial charge in [0.2, 0.25) is 0 Å². The Morgan fingerprint density at radius 2 is 2.00 bits per heavy atom. The SMILES string of the molecule is CCCCn1nc(C)c(C(CC)NC)c1C. The van der Waals surface area contributed by atoms with Gasteiger partial charge < -0.3 is 5.32 Å². The van der Waals surface area contributed by atoms with Crippen LogP contribution in [0.1, 0.15) is 56.1 Å². The highest BCUT2D eigenvalue weighted by Gasteiger charge is 2.17. The average molecular weight is 223 g/mol. The molecule has 1 N–H and O–H groups in total. The van der Waals surface area contributed by atoms with Crippen LogP contribution in [-0.2, 0) is 6.54 Å². The van der Waals surface area contributed by atoms with Gasteiger partial charge in [-0.2, -0.15) is 5.10 Å². The number of nitrogens with zero attached hydrogens (tertiary/aromatic N) is 2. The standard InChI is InChI=1S/C13H25N3/c1-6-8-9-16-11(4)13(10(3)15-16)12(7-2)14-5/h12,14H,6-9H2,1-5H3. The van der Waals surface area contributed by atoms with Crippen molar-refractivity contribution < 1.29 is 0 Å². The molecule has 0 aliphatic carbocycles. The van der Waals surface area contributed by atoms with Crippen molar-refractivity contribution in [3.63, 3.8) is 0 Å². The van der Waals surface area contributed by atoms with Crippen LogP contribution in [0.25, 0.3) is 0 Å². The molecule has 1 aromatic heterocycles. The van der Waals surface area contributed by atoms with Crippen molar-refractivity contribution in [1.82, 2.24) is 15.1 Å². The van der Waals surface area contributed by atoms with E-state index in [0.29, 0.717) is 6.04 Å². The zero-order valence-electron chi connectivity index (χ0n) is 11.3. The number of unbranched alkanes of at least 4 members (excludes halogenated alkanes) is 1. The van der Waals surface area contributed by atoms with E-state index in [4.69, 9.17) is 0 Å². The maximum absolute atomic E-state index is 4.64. The number of aryl methyl sites for hydroxylation is 2. The Morgan fingerprint density at radius 3 is 2.50 bits per heavy atom. The molecule has 1 aromatic rings. The normalized spacial score (nSPS) is 13.1. The fourth-order valence-corrected chi connectivity index (χ4v) is 2.29. The summed E-state index contributed by atoms with van der Waals surface area (Å²) in [6.07, 6.45) is 3.53. The van der Waals surface area contributed by atoms with Gasteiger partial charge in [0.05, 0.1) is 5.69 Å². The van der Waals surface area contributed by atoms with E-state index >= 15 is 0 Å². The molecule has 3 nitrogen and oxygen atoms in total. The lowest BCUT2D eigenvalue weighted by Gasteiger charge is -2.14. The smallest absolute Gasteiger partial charge is 0.0644 e. The number of hydrogen-bond acceptors (Lipinski definition) is 2. The van der Waals surface area contributed by atoms with E-state index in [9.17, 15) is 0 Å². The predicted octanol–water partition coefficient (Wildman–Crippen LogP) is 2.97. The van der Waals surface area contributed by atoms with E-state index in [2.05, 4.69) is 42.8 Å². The van der Waals surface area contributed by atoms with Gasteiger partial charge in [-0.3, -0.25) is 4.68 Å². The summed E-state index contributed by atoms with van der Waals surface area (Å²) in [6.45, 7) is 9.78. The molecule has 0 aromatic carbocycles. The molecule has 92 valence electrons. The molecule has 0 aliphatic heterocycles. The second-order valence-electron chi connectivity index (χ2n) is 4.41. The summed E-state index contributed by atoms with van der Waals surface area (Å²) in [5.74, 6) is 0. The van der Waals surface area contributed by atoms with E-state index in [1.165, 1.54) is 29.8 Å².